The maximum Gasteiger partial charge on any atom is 0.167 e. The molecule has 0 unspecified atom stereocenters. The van der Waals surface area contributed by atoms with E-state index in [4.69, 9.17) is 11.6 Å². The minimum atomic E-state index is 0.822. The van der Waals surface area contributed by atoms with E-state index in [-0.39, 0.29) is 0 Å². The lowest BCUT2D eigenvalue weighted by atomic mass is 10.2. The number of aromatic amines is 1. The molecule has 1 fully saturated rings. The maximum atomic E-state index is 5.94. The molecule has 1 aromatic carbocycles. The Morgan fingerprint density at radius 1 is 0.762 bits per heavy atom. The molecule has 1 aromatic heterocycles. The second kappa shape index (κ2) is 7.03. The van der Waals surface area contributed by atoms with E-state index in [1.54, 1.807) is 9.80 Å². The summed E-state index contributed by atoms with van der Waals surface area (Å²) in [6, 6.07) is 12.6. The summed E-state index contributed by atoms with van der Waals surface area (Å²) in [6.45, 7) is 7.25. The van der Waals surface area contributed by atoms with Gasteiger partial charge in [0.2, 0.25) is 0 Å². The fourth-order valence-corrected chi connectivity index (χ4v) is 3.16. The first-order chi connectivity index (χ1) is 10.3. The molecule has 0 aliphatic carbocycles. The first-order valence-electron chi connectivity index (χ1n) is 7.66. The van der Waals surface area contributed by atoms with Gasteiger partial charge in [0.1, 0.15) is 39.3 Å². The summed E-state index contributed by atoms with van der Waals surface area (Å²) in [5.74, 6) is 0. The van der Waals surface area contributed by atoms with Gasteiger partial charge in [-0.3, -0.25) is 0 Å². The Labute approximate surface area is 131 Å². The molecule has 1 aliphatic heterocycles. The van der Waals surface area contributed by atoms with Crippen molar-refractivity contribution in [3.63, 3.8) is 0 Å². The van der Waals surface area contributed by atoms with Gasteiger partial charge in [-0.25, -0.2) is 4.98 Å². The van der Waals surface area contributed by atoms with E-state index in [1.165, 1.54) is 37.3 Å². The van der Waals surface area contributed by atoms with Crippen molar-refractivity contribution in [1.29, 1.82) is 0 Å². The molecule has 110 valence electrons. The first kappa shape index (κ1) is 14.5. The normalized spacial score (nSPS) is 22.1. The SMILES string of the molecule is Clc1ccc(C[NH+]2CC[NH+](Cc3cc[nH+]cc3)CC2)cc1. The number of piperazine rings is 1. The summed E-state index contributed by atoms with van der Waals surface area (Å²) >= 11 is 5.94. The van der Waals surface area contributed by atoms with Crippen LogP contribution in [0.25, 0.3) is 0 Å². The summed E-state index contributed by atoms with van der Waals surface area (Å²) in [5.41, 5.74) is 2.81. The van der Waals surface area contributed by atoms with E-state index < -0.39 is 0 Å². The Hall–Kier alpha value is -1.42. The number of quaternary nitrogens is 2. The van der Waals surface area contributed by atoms with Gasteiger partial charge in [-0.05, 0) is 12.1 Å². The van der Waals surface area contributed by atoms with Gasteiger partial charge in [0, 0.05) is 28.3 Å². The monoisotopic (exact) mass is 304 g/mol. The Morgan fingerprint density at radius 3 is 1.76 bits per heavy atom. The molecule has 1 aliphatic rings. The first-order valence-corrected chi connectivity index (χ1v) is 8.04. The second-order valence-corrected chi connectivity index (χ2v) is 6.32. The van der Waals surface area contributed by atoms with Crippen LogP contribution < -0.4 is 14.8 Å². The third kappa shape index (κ3) is 4.27. The summed E-state index contributed by atoms with van der Waals surface area (Å²) < 4.78 is 0. The van der Waals surface area contributed by atoms with Gasteiger partial charge in [0.15, 0.2) is 12.4 Å². The van der Waals surface area contributed by atoms with Crippen LogP contribution in [-0.2, 0) is 13.1 Å². The molecule has 3 N–H and O–H groups in total. The molecule has 3 nitrogen and oxygen atoms in total. The van der Waals surface area contributed by atoms with Crippen molar-refractivity contribution >= 4 is 11.6 Å². The van der Waals surface area contributed by atoms with E-state index in [9.17, 15) is 0 Å². The van der Waals surface area contributed by atoms with Crippen molar-refractivity contribution in [2.45, 2.75) is 13.1 Å². The summed E-state index contributed by atoms with van der Waals surface area (Å²) in [4.78, 5) is 6.46. The highest BCUT2D eigenvalue weighted by molar-refractivity contribution is 6.30. The number of nitrogens with one attached hydrogen (secondary N) is 3. The van der Waals surface area contributed by atoms with Gasteiger partial charge >= 0.3 is 0 Å². The summed E-state index contributed by atoms with van der Waals surface area (Å²) in [6.07, 6.45) is 4.02. The van der Waals surface area contributed by atoms with Gasteiger partial charge in [-0.1, -0.05) is 23.7 Å². The summed E-state index contributed by atoms with van der Waals surface area (Å²) in [7, 11) is 0. The van der Waals surface area contributed by atoms with Crippen LogP contribution in [0.15, 0.2) is 48.8 Å². The molecule has 0 saturated carbocycles. The molecular formula is C17H23ClN3+3. The fraction of sp³-hybridized carbons (Fsp3) is 0.353. The molecule has 21 heavy (non-hydrogen) atoms. The van der Waals surface area contributed by atoms with Crippen molar-refractivity contribution < 1.29 is 14.8 Å². The molecule has 0 atom stereocenters. The number of halogens is 1. The molecule has 2 heterocycles. The van der Waals surface area contributed by atoms with Crippen LogP contribution in [0.5, 0.6) is 0 Å². The summed E-state index contributed by atoms with van der Waals surface area (Å²) in [5, 5.41) is 0.822. The molecule has 4 heteroatoms. The minimum Gasteiger partial charge on any atom is -0.322 e. The number of rotatable bonds is 4. The van der Waals surface area contributed by atoms with Gasteiger partial charge in [-0.15, -0.1) is 0 Å². The van der Waals surface area contributed by atoms with Crippen LogP contribution in [-0.4, -0.2) is 26.2 Å². The quantitative estimate of drug-likeness (QED) is 0.770. The zero-order valence-corrected chi connectivity index (χ0v) is 13.0. The number of benzene rings is 1. The van der Waals surface area contributed by atoms with Crippen LogP contribution in [0.3, 0.4) is 0 Å². The smallest absolute Gasteiger partial charge is 0.167 e. The number of aromatic nitrogens is 1. The molecule has 0 amide bonds. The van der Waals surface area contributed by atoms with E-state index >= 15 is 0 Å². The lowest BCUT2D eigenvalue weighted by molar-refractivity contribution is -1.02. The highest BCUT2D eigenvalue weighted by atomic mass is 35.5. The molecule has 2 aromatic rings. The second-order valence-electron chi connectivity index (χ2n) is 5.89. The number of pyridine rings is 1. The van der Waals surface area contributed by atoms with Gasteiger partial charge in [0.25, 0.3) is 0 Å². The average Bonchev–Trinajstić information content (AvgIpc) is 2.53. The molecular weight excluding hydrogens is 282 g/mol. The predicted molar refractivity (Wildman–Crippen MR) is 83.3 cm³/mol. The van der Waals surface area contributed by atoms with Crippen LogP contribution in [0, 0.1) is 0 Å². The zero-order chi connectivity index (χ0) is 14.5. The van der Waals surface area contributed by atoms with Gasteiger partial charge < -0.3 is 9.80 Å². The number of hydrogen-bond donors (Lipinski definition) is 2. The topological polar surface area (TPSA) is 23.0 Å². The lowest BCUT2D eigenvalue weighted by Gasteiger charge is -2.29. The highest BCUT2D eigenvalue weighted by Crippen LogP contribution is 2.08. The third-order valence-electron chi connectivity index (χ3n) is 4.27. The van der Waals surface area contributed by atoms with Crippen molar-refractivity contribution in [3.8, 4) is 0 Å². The zero-order valence-electron chi connectivity index (χ0n) is 12.2. The predicted octanol–water partition coefficient (Wildman–Crippen LogP) is -0.362. The van der Waals surface area contributed by atoms with Gasteiger partial charge in [0.05, 0.1) is 0 Å². The Bertz CT molecular complexity index is 548. The number of H-pyrrole nitrogens is 1. The maximum absolute atomic E-state index is 5.94. The third-order valence-corrected chi connectivity index (χ3v) is 4.52. The molecule has 0 spiro atoms. The Balaban J connectivity index is 1.47. The van der Waals surface area contributed by atoms with E-state index in [0.717, 1.165) is 18.1 Å². The van der Waals surface area contributed by atoms with E-state index in [0.29, 0.717) is 0 Å². The van der Waals surface area contributed by atoms with Crippen molar-refractivity contribution in [2.24, 2.45) is 0 Å². The highest BCUT2D eigenvalue weighted by Gasteiger charge is 2.23. The van der Waals surface area contributed by atoms with Crippen LogP contribution >= 0.6 is 11.6 Å². The van der Waals surface area contributed by atoms with Crippen molar-refractivity contribution in [2.75, 3.05) is 26.2 Å². The van der Waals surface area contributed by atoms with Crippen LogP contribution in [0.2, 0.25) is 5.02 Å². The van der Waals surface area contributed by atoms with Crippen LogP contribution in [0.1, 0.15) is 11.1 Å². The lowest BCUT2D eigenvalue weighted by Crippen LogP contribution is -3.27. The largest absolute Gasteiger partial charge is 0.322 e. The molecule has 0 bridgehead atoms. The molecule has 1 saturated heterocycles. The fourth-order valence-electron chi connectivity index (χ4n) is 3.03. The van der Waals surface area contributed by atoms with E-state index in [1.807, 2.05) is 24.5 Å². The van der Waals surface area contributed by atoms with Crippen molar-refractivity contribution in [1.82, 2.24) is 0 Å². The minimum absolute atomic E-state index is 0.822. The van der Waals surface area contributed by atoms with E-state index in [2.05, 4.69) is 29.2 Å². The van der Waals surface area contributed by atoms with Crippen molar-refractivity contribution in [3.05, 3.63) is 64.9 Å². The van der Waals surface area contributed by atoms with Crippen LogP contribution in [0.4, 0.5) is 0 Å². The average molecular weight is 305 g/mol. The number of hydrogen-bond acceptors (Lipinski definition) is 0. The Morgan fingerprint density at radius 2 is 1.24 bits per heavy atom. The molecule has 3 rings (SSSR count). The standard InChI is InChI=1S/C17H20ClN3/c18-17-3-1-15(2-4-17)13-20-9-11-21(12-10-20)14-16-5-7-19-8-6-16/h1-8H,9-14H2/p+3. The Kier molecular flexibility index (Phi) is 4.86. The molecule has 0 radical (unpaired) electrons. The van der Waals surface area contributed by atoms with Gasteiger partial charge in [-0.2, -0.15) is 0 Å².